The molecule has 0 saturated heterocycles. The Morgan fingerprint density at radius 1 is 1.00 bits per heavy atom. The van der Waals surface area contributed by atoms with Crippen LogP contribution >= 0.6 is 0 Å². The Morgan fingerprint density at radius 3 is 1.95 bits per heavy atom. The van der Waals surface area contributed by atoms with Crippen LogP contribution in [-0.2, 0) is 0 Å². The first-order valence-corrected chi connectivity index (χ1v) is 6.78. The van der Waals surface area contributed by atoms with E-state index >= 15 is 0 Å². The molecular formula is C16H22N2O3. The van der Waals surface area contributed by atoms with Gasteiger partial charge < -0.3 is 13.9 Å². The van der Waals surface area contributed by atoms with Crippen molar-refractivity contribution in [1.29, 1.82) is 0 Å². The minimum atomic E-state index is -0.270. The topological polar surface area (TPSA) is 69.7 Å². The molecule has 1 aromatic heterocycles. The molecule has 0 fully saturated rings. The van der Waals surface area contributed by atoms with Crippen LogP contribution in [0.15, 0.2) is 22.6 Å². The lowest BCUT2D eigenvalue weighted by atomic mass is 9.94. The van der Waals surface area contributed by atoms with Crippen LogP contribution in [0.2, 0.25) is 0 Å². The van der Waals surface area contributed by atoms with Gasteiger partial charge in [-0.05, 0) is 38.5 Å². The minimum absolute atomic E-state index is 0.270. The number of hydrogen-bond donors (Lipinski definition) is 2. The van der Waals surface area contributed by atoms with Gasteiger partial charge in [-0.2, -0.15) is 0 Å². The fraction of sp³-hybridized carbons (Fsp3) is 0.375. The Bertz CT molecular complexity index is 612. The van der Waals surface area contributed by atoms with Crippen molar-refractivity contribution in [2.45, 2.75) is 26.8 Å². The Hall–Kier alpha value is -1.98. The van der Waals surface area contributed by atoms with Crippen LogP contribution in [0.1, 0.15) is 34.3 Å². The van der Waals surface area contributed by atoms with Gasteiger partial charge in [0.1, 0.15) is 23.0 Å². The lowest BCUT2D eigenvalue weighted by Crippen LogP contribution is -2.30. The number of rotatable bonds is 5. The number of methoxy groups -OCH3 is 2. The summed E-state index contributed by atoms with van der Waals surface area (Å²) in [5.74, 6) is 8.98. The molecule has 0 bridgehead atoms. The van der Waals surface area contributed by atoms with Gasteiger partial charge in [-0.3, -0.25) is 5.84 Å². The number of nitrogens with two attached hydrogens (primary N) is 1. The van der Waals surface area contributed by atoms with Crippen molar-refractivity contribution in [2.75, 3.05) is 14.2 Å². The van der Waals surface area contributed by atoms with E-state index in [0.717, 1.165) is 39.7 Å². The molecule has 5 nitrogen and oxygen atoms in total. The molecule has 0 aliphatic heterocycles. The first-order valence-electron chi connectivity index (χ1n) is 6.78. The minimum Gasteiger partial charge on any atom is -0.496 e. The van der Waals surface area contributed by atoms with E-state index in [1.54, 1.807) is 14.2 Å². The molecule has 5 heteroatoms. The van der Waals surface area contributed by atoms with Crippen LogP contribution in [0.4, 0.5) is 0 Å². The van der Waals surface area contributed by atoms with E-state index in [-0.39, 0.29) is 6.04 Å². The zero-order valence-corrected chi connectivity index (χ0v) is 13.1. The largest absolute Gasteiger partial charge is 0.496 e. The van der Waals surface area contributed by atoms with E-state index in [0.29, 0.717) is 0 Å². The van der Waals surface area contributed by atoms with Crippen LogP contribution in [-0.4, -0.2) is 14.2 Å². The van der Waals surface area contributed by atoms with E-state index < -0.39 is 0 Å². The van der Waals surface area contributed by atoms with Crippen molar-refractivity contribution < 1.29 is 13.9 Å². The highest BCUT2D eigenvalue weighted by molar-refractivity contribution is 5.52. The normalized spacial score (nSPS) is 12.3. The molecule has 3 N–H and O–H groups in total. The summed E-state index contributed by atoms with van der Waals surface area (Å²) in [6.45, 7) is 5.90. The van der Waals surface area contributed by atoms with Crippen molar-refractivity contribution in [3.8, 4) is 11.5 Å². The second kappa shape index (κ2) is 6.20. The average Bonchev–Trinajstić information content (AvgIpc) is 2.74. The van der Waals surface area contributed by atoms with Gasteiger partial charge in [0.25, 0.3) is 0 Å². The van der Waals surface area contributed by atoms with Gasteiger partial charge in [-0.1, -0.05) is 6.07 Å². The third kappa shape index (κ3) is 2.62. The number of hydrazine groups is 1. The number of aryl methyl sites for hydroxylation is 2. The van der Waals surface area contributed by atoms with Gasteiger partial charge >= 0.3 is 0 Å². The summed E-state index contributed by atoms with van der Waals surface area (Å²) in [5, 5.41) is 0. The van der Waals surface area contributed by atoms with Gasteiger partial charge in [-0.15, -0.1) is 0 Å². The fourth-order valence-electron chi connectivity index (χ4n) is 2.71. The SMILES string of the molecule is COc1cccc(OC)c1C(NN)c1c(C)oc(C)c1C. The Balaban J connectivity index is 2.67. The van der Waals surface area contributed by atoms with Crippen LogP contribution in [0.3, 0.4) is 0 Å². The van der Waals surface area contributed by atoms with Gasteiger partial charge in [0.05, 0.1) is 25.8 Å². The standard InChI is InChI=1S/C16H22N2O3/c1-9-10(2)21-11(3)14(9)16(18-17)15-12(19-4)7-6-8-13(15)20-5/h6-8,16,18H,17H2,1-5H3. The number of benzene rings is 1. The van der Waals surface area contributed by atoms with E-state index in [1.165, 1.54) is 0 Å². The summed E-state index contributed by atoms with van der Waals surface area (Å²) >= 11 is 0. The number of furan rings is 1. The van der Waals surface area contributed by atoms with Crippen LogP contribution in [0.25, 0.3) is 0 Å². The Morgan fingerprint density at radius 2 is 1.57 bits per heavy atom. The highest BCUT2D eigenvalue weighted by atomic mass is 16.5. The van der Waals surface area contributed by atoms with Crippen molar-refractivity contribution in [2.24, 2.45) is 5.84 Å². The average molecular weight is 290 g/mol. The van der Waals surface area contributed by atoms with E-state index in [2.05, 4.69) is 5.43 Å². The quantitative estimate of drug-likeness (QED) is 0.654. The molecule has 0 aliphatic carbocycles. The second-order valence-electron chi connectivity index (χ2n) is 4.93. The van der Waals surface area contributed by atoms with E-state index in [4.69, 9.17) is 19.7 Å². The number of ether oxygens (including phenoxy) is 2. The molecule has 1 aromatic carbocycles. The zero-order valence-electron chi connectivity index (χ0n) is 13.1. The van der Waals surface area contributed by atoms with Crippen molar-refractivity contribution >= 4 is 0 Å². The molecule has 2 aromatic rings. The summed E-state index contributed by atoms with van der Waals surface area (Å²) in [7, 11) is 3.26. The van der Waals surface area contributed by atoms with Crippen LogP contribution in [0, 0.1) is 20.8 Å². The lowest BCUT2D eigenvalue weighted by Gasteiger charge is -2.22. The Kier molecular flexibility index (Phi) is 4.55. The molecule has 0 spiro atoms. The Labute approximate surface area is 125 Å². The van der Waals surface area contributed by atoms with Gasteiger partial charge in [0.15, 0.2) is 0 Å². The molecule has 1 heterocycles. The summed E-state index contributed by atoms with van der Waals surface area (Å²) in [6, 6.07) is 5.39. The summed E-state index contributed by atoms with van der Waals surface area (Å²) in [5.41, 5.74) is 5.80. The highest BCUT2D eigenvalue weighted by Gasteiger charge is 2.27. The molecule has 21 heavy (non-hydrogen) atoms. The first kappa shape index (κ1) is 15.4. The molecule has 1 unspecified atom stereocenters. The maximum atomic E-state index is 5.83. The number of nitrogens with one attached hydrogen (secondary N) is 1. The fourth-order valence-corrected chi connectivity index (χ4v) is 2.71. The summed E-state index contributed by atoms with van der Waals surface area (Å²) < 4.78 is 16.7. The molecule has 0 aliphatic rings. The highest BCUT2D eigenvalue weighted by Crippen LogP contribution is 2.40. The van der Waals surface area contributed by atoms with Crippen molar-refractivity contribution in [1.82, 2.24) is 5.43 Å². The maximum Gasteiger partial charge on any atom is 0.127 e. The van der Waals surface area contributed by atoms with Crippen LogP contribution < -0.4 is 20.7 Å². The molecule has 0 saturated carbocycles. The number of hydrogen-bond acceptors (Lipinski definition) is 5. The maximum absolute atomic E-state index is 5.83. The predicted octanol–water partition coefficient (Wildman–Crippen LogP) is 2.77. The molecule has 0 radical (unpaired) electrons. The molecule has 114 valence electrons. The lowest BCUT2D eigenvalue weighted by molar-refractivity contribution is 0.376. The van der Waals surface area contributed by atoms with Crippen molar-refractivity contribution in [3.05, 3.63) is 46.4 Å². The molecule has 2 rings (SSSR count). The molecular weight excluding hydrogens is 268 g/mol. The van der Waals surface area contributed by atoms with Gasteiger partial charge in [-0.25, -0.2) is 5.43 Å². The third-order valence-corrected chi connectivity index (χ3v) is 3.83. The smallest absolute Gasteiger partial charge is 0.127 e. The summed E-state index contributed by atoms with van der Waals surface area (Å²) in [4.78, 5) is 0. The molecule has 0 amide bonds. The van der Waals surface area contributed by atoms with Gasteiger partial charge in [0, 0.05) is 5.56 Å². The first-order chi connectivity index (χ1) is 10.0. The third-order valence-electron chi connectivity index (χ3n) is 3.83. The zero-order chi connectivity index (χ0) is 15.6. The second-order valence-corrected chi connectivity index (χ2v) is 4.93. The molecule has 1 atom stereocenters. The van der Waals surface area contributed by atoms with Crippen molar-refractivity contribution in [3.63, 3.8) is 0 Å². The monoisotopic (exact) mass is 290 g/mol. The summed E-state index contributed by atoms with van der Waals surface area (Å²) in [6.07, 6.45) is 0. The van der Waals surface area contributed by atoms with Gasteiger partial charge in [0.2, 0.25) is 0 Å². The van der Waals surface area contributed by atoms with E-state index in [9.17, 15) is 0 Å². The van der Waals surface area contributed by atoms with Crippen LogP contribution in [0.5, 0.6) is 11.5 Å². The predicted molar refractivity (Wildman–Crippen MR) is 81.6 cm³/mol. The van der Waals surface area contributed by atoms with E-state index in [1.807, 2.05) is 39.0 Å².